The van der Waals surface area contributed by atoms with Gasteiger partial charge in [-0.1, -0.05) is 37.3 Å². The van der Waals surface area contributed by atoms with Gasteiger partial charge in [0.1, 0.15) is 0 Å². The maximum Gasteiger partial charge on any atom is 0.0991 e. The maximum absolute atomic E-state index is 8.88. The van der Waals surface area contributed by atoms with Crippen LogP contribution in [0.4, 0.5) is 0 Å². The van der Waals surface area contributed by atoms with Gasteiger partial charge in [0.25, 0.3) is 0 Å². The van der Waals surface area contributed by atoms with Gasteiger partial charge in [0.05, 0.1) is 11.6 Å². The van der Waals surface area contributed by atoms with E-state index >= 15 is 0 Å². The topological polar surface area (TPSA) is 23.8 Å². The molecule has 0 aliphatic rings. The van der Waals surface area contributed by atoms with Crippen LogP contribution in [-0.4, -0.2) is 0 Å². The number of hydrogen-bond donors (Lipinski definition) is 0. The molecule has 0 unspecified atom stereocenters. The minimum atomic E-state index is 0.701. The molecule has 1 heteroatoms. The summed E-state index contributed by atoms with van der Waals surface area (Å²) in [6.45, 7) is 2.13. The SMILES string of the molecule is CCc1c[c]ccc1-c1cccc(C#N)c1. The fourth-order valence-electron chi connectivity index (χ4n) is 1.80. The zero-order valence-electron chi connectivity index (χ0n) is 9.20. The minimum absolute atomic E-state index is 0.701. The van der Waals surface area contributed by atoms with Crippen LogP contribution in [0.5, 0.6) is 0 Å². The van der Waals surface area contributed by atoms with Crippen molar-refractivity contribution in [3.8, 4) is 17.2 Å². The Hall–Kier alpha value is -2.07. The predicted octanol–water partition coefficient (Wildman–Crippen LogP) is 3.59. The van der Waals surface area contributed by atoms with Crippen LogP contribution >= 0.6 is 0 Å². The largest absolute Gasteiger partial charge is 0.192 e. The number of nitriles is 1. The Morgan fingerprint density at radius 3 is 2.94 bits per heavy atom. The number of hydrogen-bond acceptors (Lipinski definition) is 1. The molecule has 0 aliphatic heterocycles. The van der Waals surface area contributed by atoms with Crippen molar-refractivity contribution in [2.24, 2.45) is 0 Å². The van der Waals surface area contributed by atoms with E-state index in [4.69, 9.17) is 5.26 Å². The fraction of sp³-hybridized carbons (Fsp3) is 0.133. The Labute approximate surface area is 96.0 Å². The molecule has 0 saturated carbocycles. The van der Waals surface area contributed by atoms with Gasteiger partial charge < -0.3 is 0 Å². The van der Waals surface area contributed by atoms with Gasteiger partial charge in [-0.25, -0.2) is 0 Å². The summed E-state index contributed by atoms with van der Waals surface area (Å²) < 4.78 is 0. The van der Waals surface area contributed by atoms with Crippen LogP contribution in [-0.2, 0) is 6.42 Å². The van der Waals surface area contributed by atoms with Crippen molar-refractivity contribution in [1.82, 2.24) is 0 Å². The number of nitrogens with zero attached hydrogens (tertiary/aromatic N) is 1. The molecule has 77 valence electrons. The van der Waals surface area contributed by atoms with Crippen molar-refractivity contribution in [3.63, 3.8) is 0 Å². The number of aryl methyl sites for hydroxylation is 1. The summed E-state index contributed by atoms with van der Waals surface area (Å²) >= 11 is 0. The Morgan fingerprint density at radius 1 is 1.31 bits per heavy atom. The molecule has 1 radical (unpaired) electrons. The molecular weight excluding hydrogens is 194 g/mol. The lowest BCUT2D eigenvalue weighted by molar-refractivity contribution is 1.14. The Morgan fingerprint density at radius 2 is 2.19 bits per heavy atom. The molecule has 0 aromatic heterocycles. The molecule has 0 atom stereocenters. The summed E-state index contributed by atoms with van der Waals surface area (Å²) in [5.74, 6) is 0. The lowest BCUT2D eigenvalue weighted by atomic mass is 9.97. The highest BCUT2D eigenvalue weighted by Crippen LogP contribution is 2.24. The Kier molecular flexibility index (Phi) is 3.03. The van der Waals surface area contributed by atoms with Gasteiger partial charge in [-0.3, -0.25) is 0 Å². The van der Waals surface area contributed by atoms with Gasteiger partial charge in [0.2, 0.25) is 0 Å². The molecule has 0 heterocycles. The number of benzene rings is 2. The first-order valence-electron chi connectivity index (χ1n) is 5.34. The summed E-state index contributed by atoms with van der Waals surface area (Å²) in [7, 11) is 0. The standard InChI is InChI=1S/C15H12N/c1-2-13-7-3-4-9-15(13)14-8-5-6-12(10-14)11-16/h4-10H,2H2,1H3. The molecule has 0 aliphatic carbocycles. The zero-order valence-corrected chi connectivity index (χ0v) is 9.20. The van der Waals surface area contributed by atoms with Crippen molar-refractivity contribution in [2.75, 3.05) is 0 Å². The van der Waals surface area contributed by atoms with E-state index in [1.165, 1.54) is 11.1 Å². The van der Waals surface area contributed by atoms with Gasteiger partial charge in [-0.15, -0.1) is 0 Å². The van der Waals surface area contributed by atoms with E-state index in [9.17, 15) is 0 Å². The van der Waals surface area contributed by atoms with Crippen molar-refractivity contribution < 1.29 is 0 Å². The van der Waals surface area contributed by atoms with Gasteiger partial charge in [-0.2, -0.15) is 5.26 Å². The Bertz CT molecular complexity index is 535. The first-order valence-corrected chi connectivity index (χ1v) is 5.34. The summed E-state index contributed by atoms with van der Waals surface area (Å²) in [5, 5.41) is 8.88. The lowest BCUT2D eigenvalue weighted by Gasteiger charge is -2.07. The van der Waals surface area contributed by atoms with Crippen LogP contribution in [0.2, 0.25) is 0 Å². The smallest absolute Gasteiger partial charge is 0.0991 e. The molecule has 0 amide bonds. The molecule has 0 spiro atoms. The van der Waals surface area contributed by atoms with Crippen LogP contribution in [0, 0.1) is 17.4 Å². The van der Waals surface area contributed by atoms with Crippen LogP contribution in [0.3, 0.4) is 0 Å². The molecule has 2 rings (SSSR count). The van der Waals surface area contributed by atoms with Crippen molar-refractivity contribution in [1.29, 1.82) is 5.26 Å². The van der Waals surface area contributed by atoms with Crippen molar-refractivity contribution in [3.05, 3.63) is 59.7 Å². The first kappa shape index (κ1) is 10.4. The molecule has 2 aromatic carbocycles. The highest BCUT2D eigenvalue weighted by molar-refractivity contribution is 5.68. The third-order valence-electron chi connectivity index (χ3n) is 2.63. The second-order valence-electron chi connectivity index (χ2n) is 3.63. The van der Waals surface area contributed by atoms with E-state index in [1.54, 1.807) is 0 Å². The zero-order chi connectivity index (χ0) is 11.4. The summed E-state index contributed by atoms with van der Waals surface area (Å²) in [6, 6.07) is 18.9. The van der Waals surface area contributed by atoms with Crippen LogP contribution in [0.25, 0.3) is 11.1 Å². The summed E-state index contributed by atoms with van der Waals surface area (Å²) in [6.07, 6.45) is 0.976. The molecule has 0 saturated heterocycles. The summed E-state index contributed by atoms with van der Waals surface area (Å²) in [5.41, 5.74) is 4.26. The van der Waals surface area contributed by atoms with E-state index in [0.29, 0.717) is 5.56 Å². The van der Waals surface area contributed by atoms with Gasteiger partial charge in [0.15, 0.2) is 0 Å². The average Bonchev–Trinajstić information content (AvgIpc) is 2.38. The van der Waals surface area contributed by atoms with Crippen LogP contribution in [0.15, 0.2) is 42.5 Å². The van der Waals surface area contributed by atoms with E-state index in [1.807, 2.05) is 36.4 Å². The predicted molar refractivity (Wildman–Crippen MR) is 64.8 cm³/mol. The maximum atomic E-state index is 8.88. The second-order valence-corrected chi connectivity index (χ2v) is 3.63. The highest BCUT2D eigenvalue weighted by atomic mass is 14.2. The number of rotatable bonds is 2. The van der Waals surface area contributed by atoms with Crippen LogP contribution in [0.1, 0.15) is 18.1 Å². The second kappa shape index (κ2) is 4.63. The normalized spacial score (nSPS) is 9.75. The van der Waals surface area contributed by atoms with E-state index in [2.05, 4.69) is 25.1 Å². The van der Waals surface area contributed by atoms with E-state index in [0.717, 1.165) is 12.0 Å². The van der Waals surface area contributed by atoms with Crippen molar-refractivity contribution in [2.45, 2.75) is 13.3 Å². The minimum Gasteiger partial charge on any atom is -0.192 e. The molecular formula is C15H12N. The van der Waals surface area contributed by atoms with Gasteiger partial charge in [-0.05, 0) is 41.3 Å². The molecule has 0 fully saturated rings. The Balaban J connectivity index is 2.54. The third-order valence-corrected chi connectivity index (χ3v) is 2.63. The van der Waals surface area contributed by atoms with Gasteiger partial charge in [0, 0.05) is 0 Å². The third kappa shape index (κ3) is 1.97. The molecule has 0 N–H and O–H groups in total. The average molecular weight is 206 g/mol. The molecule has 2 aromatic rings. The molecule has 16 heavy (non-hydrogen) atoms. The summed E-state index contributed by atoms with van der Waals surface area (Å²) in [4.78, 5) is 0. The fourth-order valence-corrected chi connectivity index (χ4v) is 1.80. The molecule has 0 bridgehead atoms. The highest BCUT2D eigenvalue weighted by Gasteiger charge is 2.03. The van der Waals surface area contributed by atoms with E-state index in [-0.39, 0.29) is 0 Å². The van der Waals surface area contributed by atoms with Crippen LogP contribution < -0.4 is 0 Å². The lowest BCUT2D eigenvalue weighted by Crippen LogP contribution is -1.87. The first-order chi connectivity index (χ1) is 7.85. The molecule has 1 nitrogen and oxygen atoms in total. The van der Waals surface area contributed by atoms with Gasteiger partial charge >= 0.3 is 0 Å². The quantitative estimate of drug-likeness (QED) is 0.736. The van der Waals surface area contributed by atoms with Crippen molar-refractivity contribution >= 4 is 0 Å². The monoisotopic (exact) mass is 206 g/mol. The van der Waals surface area contributed by atoms with E-state index < -0.39 is 0 Å².